The second-order valence-electron chi connectivity index (χ2n) is 4.59. The molecule has 0 amide bonds. The number of hydrogen-bond acceptors (Lipinski definition) is 4. The van der Waals surface area contributed by atoms with Crippen molar-refractivity contribution in [2.75, 3.05) is 5.32 Å². The van der Waals surface area contributed by atoms with Gasteiger partial charge in [0.25, 0.3) is 0 Å². The van der Waals surface area contributed by atoms with Gasteiger partial charge in [-0.05, 0) is 31.9 Å². The number of carboxylic acid groups (broad SMARTS) is 1. The Labute approximate surface area is 105 Å². The Morgan fingerprint density at radius 2 is 2.33 bits per heavy atom. The molecule has 0 bridgehead atoms. The molecule has 1 saturated carbocycles. The van der Waals surface area contributed by atoms with Gasteiger partial charge in [0.1, 0.15) is 11.9 Å². The zero-order valence-corrected chi connectivity index (χ0v) is 10.2. The summed E-state index contributed by atoms with van der Waals surface area (Å²) in [6.07, 6.45) is 2.38. The standard InChI is InChI=1S/C13H15N3O2/c1-8-5-6-9(7-14)12(15-8)16-11-4-2-3-10(11)13(17)18/h5-6,10-11H,2-4H2,1H3,(H,15,16)(H,17,18). The molecular formula is C13H15N3O2. The SMILES string of the molecule is Cc1ccc(C#N)c(NC2CCCC2C(=O)O)n1. The van der Waals surface area contributed by atoms with Crippen molar-refractivity contribution >= 4 is 11.8 Å². The van der Waals surface area contributed by atoms with Crippen LogP contribution in [0.25, 0.3) is 0 Å². The normalized spacial score (nSPS) is 22.4. The molecule has 5 nitrogen and oxygen atoms in total. The molecule has 5 heteroatoms. The maximum atomic E-state index is 11.1. The summed E-state index contributed by atoms with van der Waals surface area (Å²) >= 11 is 0. The van der Waals surface area contributed by atoms with Gasteiger partial charge in [0.2, 0.25) is 0 Å². The Balaban J connectivity index is 2.21. The van der Waals surface area contributed by atoms with Gasteiger partial charge in [0, 0.05) is 11.7 Å². The van der Waals surface area contributed by atoms with Gasteiger partial charge in [0.05, 0.1) is 11.5 Å². The molecule has 1 fully saturated rings. The molecule has 2 rings (SSSR count). The first kappa shape index (κ1) is 12.4. The predicted octanol–water partition coefficient (Wildman–Crippen LogP) is 1.93. The summed E-state index contributed by atoms with van der Waals surface area (Å²) in [7, 11) is 0. The molecule has 0 aliphatic heterocycles. The van der Waals surface area contributed by atoms with Crippen LogP contribution in [-0.4, -0.2) is 22.1 Å². The first-order chi connectivity index (χ1) is 8.61. The number of nitrogens with zero attached hydrogens (tertiary/aromatic N) is 2. The van der Waals surface area contributed by atoms with Gasteiger partial charge in [-0.15, -0.1) is 0 Å². The molecule has 1 aliphatic carbocycles. The van der Waals surface area contributed by atoms with Crippen LogP contribution in [-0.2, 0) is 4.79 Å². The van der Waals surface area contributed by atoms with Crippen molar-refractivity contribution in [1.82, 2.24) is 4.98 Å². The van der Waals surface area contributed by atoms with E-state index in [2.05, 4.69) is 16.4 Å². The first-order valence-electron chi connectivity index (χ1n) is 5.99. The summed E-state index contributed by atoms with van der Waals surface area (Å²) in [4.78, 5) is 15.4. The molecule has 2 atom stereocenters. The maximum absolute atomic E-state index is 11.1. The van der Waals surface area contributed by atoms with Crippen LogP contribution in [0.1, 0.15) is 30.5 Å². The number of anilines is 1. The minimum Gasteiger partial charge on any atom is -0.481 e. The van der Waals surface area contributed by atoms with Gasteiger partial charge in [-0.2, -0.15) is 5.26 Å². The van der Waals surface area contributed by atoms with Crippen LogP contribution in [0.15, 0.2) is 12.1 Å². The average Bonchev–Trinajstić information content (AvgIpc) is 2.77. The van der Waals surface area contributed by atoms with E-state index in [0.717, 1.165) is 18.5 Å². The quantitative estimate of drug-likeness (QED) is 0.849. The summed E-state index contributed by atoms with van der Waals surface area (Å²) in [6.45, 7) is 1.84. The van der Waals surface area contributed by atoms with E-state index in [1.54, 1.807) is 12.1 Å². The molecule has 1 aliphatic rings. The fourth-order valence-electron chi connectivity index (χ4n) is 2.36. The van der Waals surface area contributed by atoms with Crippen molar-refractivity contribution in [3.05, 3.63) is 23.4 Å². The lowest BCUT2D eigenvalue weighted by molar-refractivity contribution is -0.141. The molecule has 1 aromatic rings. The lowest BCUT2D eigenvalue weighted by atomic mass is 10.0. The van der Waals surface area contributed by atoms with Crippen LogP contribution in [0.4, 0.5) is 5.82 Å². The molecule has 0 saturated heterocycles. The zero-order chi connectivity index (χ0) is 13.1. The summed E-state index contributed by atoms with van der Waals surface area (Å²) in [5.74, 6) is -0.675. The number of pyridine rings is 1. The van der Waals surface area contributed by atoms with Gasteiger partial charge < -0.3 is 10.4 Å². The van der Waals surface area contributed by atoms with Crippen molar-refractivity contribution in [3.63, 3.8) is 0 Å². The minimum atomic E-state index is -0.781. The summed E-state index contributed by atoms with van der Waals surface area (Å²) in [5, 5.41) is 21.2. The fourth-order valence-corrected chi connectivity index (χ4v) is 2.36. The fraction of sp³-hybridized carbons (Fsp3) is 0.462. The summed E-state index contributed by atoms with van der Waals surface area (Å²) in [5.41, 5.74) is 1.26. The summed E-state index contributed by atoms with van der Waals surface area (Å²) < 4.78 is 0. The minimum absolute atomic E-state index is 0.135. The van der Waals surface area contributed by atoms with Crippen molar-refractivity contribution in [1.29, 1.82) is 5.26 Å². The number of aromatic nitrogens is 1. The largest absolute Gasteiger partial charge is 0.481 e. The topological polar surface area (TPSA) is 86.0 Å². The monoisotopic (exact) mass is 245 g/mol. The number of nitrogens with one attached hydrogen (secondary N) is 1. The van der Waals surface area contributed by atoms with Crippen LogP contribution >= 0.6 is 0 Å². The van der Waals surface area contributed by atoms with Gasteiger partial charge in [-0.25, -0.2) is 4.98 Å². The number of rotatable bonds is 3. The van der Waals surface area contributed by atoms with Gasteiger partial charge in [-0.1, -0.05) is 6.42 Å². The number of carbonyl (C=O) groups is 1. The summed E-state index contributed by atoms with van der Waals surface area (Å²) in [6, 6.07) is 5.41. The second-order valence-corrected chi connectivity index (χ2v) is 4.59. The average molecular weight is 245 g/mol. The highest BCUT2D eigenvalue weighted by Gasteiger charge is 2.33. The third-order valence-electron chi connectivity index (χ3n) is 3.31. The molecule has 94 valence electrons. The van der Waals surface area contributed by atoms with E-state index in [1.165, 1.54) is 0 Å². The van der Waals surface area contributed by atoms with Crippen LogP contribution in [0.5, 0.6) is 0 Å². The smallest absolute Gasteiger partial charge is 0.308 e. The lowest BCUT2D eigenvalue weighted by Crippen LogP contribution is -2.30. The van der Waals surface area contributed by atoms with Crippen molar-refractivity contribution in [3.8, 4) is 6.07 Å². The number of aryl methyl sites for hydroxylation is 1. The molecule has 1 heterocycles. The Kier molecular flexibility index (Phi) is 3.47. The first-order valence-corrected chi connectivity index (χ1v) is 5.99. The number of aliphatic carboxylic acids is 1. The van der Waals surface area contributed by atoms with Crippen molar-refractivity contribution in [2.45, 2.75) is 32.2 Å². The molecule has 2 N–H and O–H groups in total. The highest BCUT2D eigenvalue weighted by Crippen LogP contribution is 2.29. The molecule has 1 aromatic heterocycles. The number of nitriles is 1. The van der Waals surface area contributed by atoms with Crippen LogP contribution in [0, 0.1) is 24.2 Å². The predicted molar refractivity (Wildman–Crippen MR) is 66.1 cm³/mol. The van der Waals surface area contributed by atoms with E-state index in [1.807, 2.05) is 6.92 Å². The maximum Gasteiger partial charge on any atom is 0.308 e. The molecule has 18 heavy (non-hydrogen) atoms. The molecular weight excluding hydrogens is 230 g/mol. The third-order valence-corrected chi connectivity index (χ3v) is 3.31. The van der Waals surface area contributed by atoms with Crippen LogP contribution in [0.3, 0.4) is 0 Å². The van der Waals surface area contributed by atoms with E-state index in [-0.39, 0.29) is 12.0 Å². The Morgan fingerprint density at radius 3 is 3.00 bits per heavy atom. The van der Waals surface area contributed by atoms with Crippen LogP contribution in [0.2, 0.25) is 0 Å². The van der Waals surface area contributed by atoms with Crippen molar-refractivity contribution < 1.29 is 9.90 Å². The lowest BCUT2D eigenvalue weighted by Gasteiger charge is -2.19. The van der Waals surface area contributed by atoms with E-state index in [9.17, 15) is 4.79 Å². The Hall–Kier alpha value is -2.09. The molecule has 0 aromatic carbocycles. The Bertz CT molecular complexity index is 507. The number of carboxylic acids is 1. The second kappa shape index (κ2) is 5.05. The van der Waals surface area contributed by atoms with Crippen LogP contribution < -0.4 is 5.32 Å². The van der Waals surface area contributed by atoms with Crippen molar-refractivity contribution in [2.24, 2.45) is 5.92 Å². The number of hydrogen-bond donors (Lipinski definition) is 2. The highest BCUT2D eigenvalue weighted by atomic mass is 16.4. The molecule has 2 unspecified atom stereocenters. The zero-order valence-electron chi connectivity index (χ0n) is 10.2. The van der Waals surface area contributed by atoms with Gasteiger partial charge >= 0.3 is 5.97 Å². The van der Waals surface area contributed by atoms with E-state index in [0.29, 0.717) is 17.8 Å². The molecule has 0 radical (unpaired) electrons. The highest BCUT2D eigenvalue weighted by molar-refractivity contribution is 5.72. The Morgan fingerprint density at radius 1 is 1.56 bits per heavy atom. The van der Waals surface area contributed by atoms with E-state index >= 15 is 0 Å². The van der Waals surface area contributed by atoms with E-state index < -0.39 is 5.97 Å². The van der Waals surface area contributed by atoms with E-state index in [4.69, 9.17) is 10.4 Å². The van der Waals surface area contributed by atoms with Gasteiger partial charge in [-0.3, -0.25) is 4.79 Å². The third kappa shape index (κ3) is 2.43. The molecule has 0 spiro atoms. The van der Waals surface area contributed by atoms with Gasteiger partial charge in [0.15, 0.2) is 0 Å².